The van der Waals surface area contributed by atoms with E-state index >= 15 is 0 Å². The number of halogens is 1. The fourth-order valence-electron chi connectivity index (χ4n) is 4.06. The van der Waals surface area contributed by atoms with Crippen LogP contribution in [0, 0.1) is 0 Å². The summed E-state index contributed by atoms with van der Waals surface area (Å²) < 4.78 is 11.1. The van der Waals surface area contributed by atoms with Crippen LogP contribution in [-0.4, -0.2) is 24.6 Å². The maximum atomic E-state index is 13.4. The number of rotatable bonds is 5. The van der Waals surface area contributed by atoms with E-state index in [1.807, 2.05) is 0 Å². The molecule has 4 aromatic carbocycles. The lowest BCUT2D eigenvalue weighted by atomic mass is 9.82. The Morgan fingerprint density at radius 1 is 0.833 bits per heavy atom. The molecule has 0 bridgehead atoms. The highest BCUT2D eigenvalue weighted by Crippen LogP contribution is 2.40. The molecule has 178 valence electrons. The number of carbonyl (C=O) groups is 3. The van der Waals surface area contributed by atoms with Gasteiger partial charge >= 0.3 is 5.97 Å². The van der Waals surface area contributed by atoms with Gasteiger partial charge in [0.25, 0.3) is 0 Å². The lowest BCUT2D eigenvalue weighted by Gasteiger charge is -2.23. The highest BCUT2D eigenvalue weighted by atomic mass is 79.9. The molecule has 1 aliphatic carbocycles. The Labute approximate surface area is 215 Å². The summed E-state index contributed by atoms with van der Waals surface area (Å²) in [6, 6.07) is 22.1. The smallest absolute Gasteiger partial charge is 0.337 e. The Morgan fingerprint density at radius 2 is 1.39 bits per heavy atom. The van der Waals surface area contributed by atoms with Crippen molar-refractivity contribution >= 4 is 50.5 Å². The van der Waals surface area contributed by atoms with Gasteiger partial charge in [-0.3, -0.25) is 9.59 Å². The van der Waals surface area contributed by atoms with Gasteiger partial charge in [-0.25, -0.2) is 4.79 Å². The second-order valence-electron chi connectivity index (χ2n) is 8.04. The lowest BCUT2D eigenvalue weighted by Crippen LogP contribution is -2.23. The van der Waals surface area contributed by atoms with Gasteiger partial charge < -0.3 is 20.5 Å². The van der Waals surface area contributed by atoms with Gasteiger partial charge in [0.2, 0.25) is 0 Å². The van der Waals surface area contributed by atoms with Crippen LogP contribution >= 0.6 is 15.9 Å². The van der Waals surface area contributed by atoms with Crippen molar-refractivity contribution in [3.63, 3.8) is 0 Å². The molecule has 0 aromatic heterocycles. The zero-order valence-electron chi connectivity index (χ0n) is 19.0. The Morgan fingerprint density at radius 3 is 1.97 bits per heavy atom. The number of nitrogens with one attached hydrogen (secondary N) is 1. The molecule has 3 N–H and O–H groups in total. The van der Waals surface area contributed by atoms with Crippen molar-refractivity contribution in [2.75, 3.05) is 18.2 Å². The van der Waals surface area contributed by atoms with Crippen LogP contribution in [0.25, 0.3) is 0 Å². The molecule has 7 nitrogen and oxygen atoms in total. The minimum atomic E-state index is -0.419. The van der Waals surface area contributed by atoms with Crippen LogP contribution in [0.3, 0.4) is 0 Å². The molecular weight excluding hydrogens is 524 g/mol. The van der Waals surface area contributed by atoms with E-state index in [4.69, 9.17) is 15.2 Å². The van der Waals surface area contributed by atoms with Crippen molar-refractivity contribution in [2.24, 2.45) is 0 Å². The van der Waals surface area contributed by atoms with Gasteiger partial charge in [-0.2, -0.15) is 0 Å². The topological polar surface area (TPSA) is 108 Å². The molecule has 0 aliphatic heterocycles. The van der Waals surface area contributed by atoms with Crippen LogP contribution in [0.4, 0.5) is 17.1 Å². The number of fused-ring (bicyclic) bond motifs is 2. The molecule has 0 amide bonds. The minimum Gasteiger partial charge on any atom is -0.465 e. The first kappa shape index (κ1) is 23.3. The minimum absolute atomic E-state index is 0.186. The van der Waals surface area contributed by atoms with Crippen molar-refractivity contribution in [3.8, 4) is 11.5 Å². The summed E-state index contributed by atoms with van der Waals surface area (Å²) in [6.07, 6.45) is 0. The van der Waals surface area contributed by atoms with Crippen LogP contribution in [0.5, 0.6) is 11.5 Å². The molecule has 8 heteroatoms. The third-order valence-electron chi connectivity index (χ3n) is 5.83. The molecular formula is C28H19BrN2O5. The second-order valence-corrected chi connectivity index (χ2v) is 8.90. The maximum Gasteiger partial charge on any atom is 0.337 e. The molecule has 1 aliphatic rings. The van der Waals surface area contributed by atoms with E-state index in [9.17, 15) is 14.4 Å². The van der Waals surface area contributed by atoms with E-state index in [0.717, 1.165) is 0 Å². The van der Waals surface area contributed by atoms with Crippen molar-refractivity contribution in [3.05, 3.63) is 111 Å². The summed E-state index contributed by atoms with van der Waals surface area (Å²) >= 11 is 3.42. The van der Waals surface area contributed by atoms with Crippen molar-refractivity contribution in [2.45, 2.75) is 0 Å². The lowest BCUT2D eigenvalue weighted by molar-refractivity contribution is 0.0600. The van der Waals surface area contributed by atoms with Crippen LogP contribution in [0.2, 0.25) is 0 Å². The van der Waals surface area contributed by atoms with E-state index in [0.29, 0.717) is 44.0 Å². The number of nitrogen functional groups attached to an aromatic ring is 1. The molecule has 0 saturated heterocycles. The maximum absolute atomic E-state index is 13.4. The molecule has 36 heavy (non-hydrogen) atoms. The SMILES string of the molecule is COC(=O)c1ccc(Oc2ccc(Nc3cc(Br)c(N)c4c3C(=O)c3ccccc3C4=O)cc2)cc1. The Balaban J connectivity index is 1.42. The van der Waals surface area contributed by atoms with E-state index in [1.54, 1.807) is 78.9 Å². The third-order valence-corrected chi connectivity index (χ3v) is 6.49. The monoisotopic (exact) mass is 542 g/mol. The van der Waals surface area contributed by atoms with Crippen LogP contribution in [0.1, 0.15) is 42.2 Å². The first-order valence-corrected chi connectivity index (χ1v) is 11.7. The summed E-state index contributed by atoms with van der Waals surface area (Å²) in [7, 11) is 1.33. The number of nitrogens with two attached hydrogens (primary N) is 1. The number of benzene rings is 4. The Hall–Kier alpha value is -4.43. The average molecular weight is 543 g/mol. The summed E-state index contributed by atoms with van der Waals surface area (Å²) in [5.41, 5.74) is 9.13. The van der Waals surface area contributed by atoms with Crippen LogP contribution in [-0.2, 0) is 4.74 Å². The summed E-state index contributed by atoms with van der Waals surface area (Å²) in [5.74, 6) is 0.160. The van der Waals surface area contributed by atoms with E-state index in [-0.39, 0.29) is 28.4 Å². The molecule has 5 rings (SSSR count). The van der Waals surface area contributed by atoms with E-state index < -0.39 is 5.97 Å². The predicted molar refractivity (Wildman–Crippen MR) is 139 cm³/mol. The third kappa shape index (κ3) is 4.12. The summed E-state index contributed by atoms with van der Waals surface area (Å²) in [5, 5.41) is 3.23. The number of ether oxygens (including phenoxy) is 2. The number of anilines is 3. The highest BCUT2D eigenvalue weighted by Gasteiger charge is 2.34. The normalized spacial score (nSPS) is 11.9. The van der Waals surface area contributed by atoms with Crippen LogP contribution < -0.4 is 15.8 Å². The van der Waals surface area contributed by atoms with E-state index in [2.05, 4.69) is 21.2 Å². The first-order valence-electron chi connectivity index (χ1n) is 10.9. The predicted octanol–water partition coefficient (Wildman–Crippen LogP) is 6.13. The molecule has 0 radical (unpaired) electrons. The van der Waals surface area contributed by atoms with Crippen molar-refractivity contribution in [1.82, 2.24) is 0 Å². The molecule has 0 saturated carbocycles. The fraction of sp³-hybridized carbons (Fsp3) is 0.0357. The fourth-order valence-corrected chi connectivity index (χ4v) is 4.49. The number of carbonyl (C=O) groups excluding carboxylic acids is 3. The van der Waals surface area contributed by atoms with Gasteiger partial charge in [0.05, 0.1) is 35.2 Å². The van der Waals surface area contributed by atoms with Gasteiger partial charge in [-0.15, -0.1) is 0 Å². The number of hydrogen-bond acceptors (Lipinski definition) is 7. The Kier molecular flexibility index (Phi) is 6.03. The largest absolute Gasteiger partial charge is 0.465 e. The zero-order valence-corrected chi connectivity index (χ0v) is 20.6. The van der Waals surface area contributed by atoms with Crippen LogP contribution in [0.15, 0.2) is 83.3 Å². The number of ketones is 2. The molecule has 4 aromatic rings. The zero-order chi connectivity index (χ0) is 25.4. The first-order chi connectivity index (χ1) is 17.4. The second kappa shape index (κ2) is 9.31. The van der Waals surface area contributed by atoms with Crippen molar-refractivity contribution < 1.29 is 23.9 Å². The highest BCUT2D eigenvalue weighted by molar-refractivity contribution is 9.10. The molecule has 0 spiro atoms. The molecule has 0 fully saturated rings. The molecule has 0 atom stereocenters. The van der Waals surface area contributed by atoms with Gasteiger partial charge in [0, 0.05) is 21.3 Å². The van der Waals surface area contributed by atoms with Crippen molar-refractivity contribution in [1.29, 1.82) is 0 Å². The number of esters is 1. The average Bonchev–Trinajstić information content (AvgIpc) is 2.90. The quantitative estimate of drug-likeness (QED) is 0.203. The number of methoxy groups -OCH3 is 1. The van der Waals surface area contributed by atoms with Gasteiger partial charge in [-0.1, -0.05) is 24.3 Å². The van der Waals surface area contributed by atoms with Gasteiger partial charge in [-0.05, 0) is 70.5 Å². The molecule has 0 unspecified atom stereocenters. The van der Waals surface area contributed by atoms with E-state index in [1.165, 1.54) is 7.11 Å². The number of hydrogen-bond donors (Lipinski definition) is 2. The Bertz CT molecular complexity index is 1530. The summed E-state index contributed by atoms with van der Waals surface area (Å²) in [6.45, 7) is 0. The van der Waals surface area contributed by atoms with Gasteiger partial charge in [0.1, 0.15) is 11.5 Å². The van der Waals surface area contributed by atoms with Gasteiger partial charge in [0.15, 0.2) is 11.6 Å². The molecule has 0 heterocycles. The summed E-state index contributed by atoms with van der Waals surface area (Å²) in [4.78, 5) is 38.1. The standard InChI is InChI=1S/C28H19BrN2O5/c1-35-28(34)15-6-10-17(11-7-15)36-18-12-8-16(9-13-18)31-22-14-21(29)25(30)24-23(22)26(32)19-4-2-3-5-20(19)27(24)33/h2-14,31H,30H2,1H3.